The highest BCUT2D eigenvalue weighted by atomic mass is 32.1. The van der Waals surface area contributed by atoms with Crippen LogP contribution in [0, 0.1) is 5.92 Å². The fourth-order valence-electron chi connectivity index (χ4n) is 3.03. The van der Waals surface area contributed by atoms with Crippen LogP contribution in [-0.4, -0.2) is 45.5 Å². The lowest BCUT2D eigenvalue weighted by molar-refractivity contribution is 0.0657. The standard InChI is InChI=1S/C18H18N4O2S/c23-17(14-2-3-15-16(10-14)25-12-21-15)22-8-4-13(5-9-22)11-24-18-19-6-1-7-20-18/h1-3,6-7,10,12-13H,4-5,8-9,11H2. The highest BCUT2D eigenvalue weighted by Gasteiger charge is 2.24. The molecule has 128 valence electrons. The molecule has 1 aliphatic heterocycles. The van der Waals surface area contributed by atoms with Crippen LogP contribution < -0.4 is 4.74 Å². The molecule has 0 bridgehead atoms. The van der Waals surface area contributed by atoms with Crippen molar-refractivity contribution in [1.29, 1.82) is 0 Å². The van der Waals surface area contributed by atoms with Crippen molar-refractivity contribution in [2.75, 3.05) is 19.7 Å². The molecular weight excluding hydrogens is 336 g/mol. The largest absolute Gasteiger partial charge is 0.463 e. The number of thiazole rings is 1. The van der Waals surface area contributed by atoms with Crippen LogP contribution in [0.25, 0.3) is 10.2 Å². The molecule has 0 radical (unpaired) electrons. The minimum atomic E-state index is 0.0982. The van der Waals surface area contributed by atoms with E-state index in [-0.39, 0.29) is 5.91 Å². The highest BCUT2D eigenvalue weighted by Crippen LogP contribution is 2.23. The number of nitrogens with zero attached hydrogens (tertiary/aromatic N) is 4. The maximum atomic E-state index is 12.7. The molecule has 3 aromatic rings. The second-order valence-corrected chi connectivity index (χ2v) is 7.00. The van der Waals surface area contributed by atoms with Crippen molar-refractivity contribution >= 4 is 27.5 Å². The maximum Gasteiger partial charge on any atom is 0.316 e. The molecule has 0 saturated carbocycles. The number of rotatable bonds is 4. The Bertz CT molecular complexity index is 860. The Hall–Kier alpha value is -2.54. The van der Waals surface area contributed by atoms with E-state index in [4.69, 9.17) is 4.74 Å². The minimum Gasteiger partial charge on any atom is -0.463 e. The molecule has 0 aliphatic carbocycles. The fourth-order valence-corrected chi connectivity index (χ4v) is 3.74. The number of fused-ring (bicyclic) bond motifs is 1. The SMILES string of the molecule is O=C(c1ccc2ncsc2c1)N1CCC(COc2ncccn2)CC1. The Morgan fingerprint density at radius 3 is 2.80 bits per heavy atom. The third kappa shape index (κ3) is 3.61. The first-order chi connectivity index (χ1) is 12.3. The maximum absolute atomic E-state index is 12.7. The summed E-state index contributed by atoms with van der Waals surface area (Å²) in [4.78, 5) is 27.0. The van der Waals surface area contributed by atoms with Gasteiger partial charge in [0.1, 0.15) is 0 Å². The average molecular weight is 354 g/mol. The zero-order valence-corrected chi connectivity index (χ0v) is 14.5. The summed E-state index contributed by atoms with van der Waals surface area (Å²) in [6.07, 6.45) is 5.20. The summed E-state index contributed by atoms with van der Waals surface area (Å²) in [6.45, 7) is 2.10. The van der Waals surface area contributed by atoms with E-state index in [1.807, 2.05) is 23.1 Å². The second kappa shape index (κ2) is 7.14. The number of benzene rings is 1. The van der Waals surface area contributed by atoms with Gasteiger partial charge in [0.25, 0.3) is 5.91 Å². The van der Waals surface area contributed by atoms with E-state index < -0.39 is 0 Å². The molecule has 3 heterocycles. The quantitative estimate of drug-likeness (QED) is 0.720. The first-order valence-corrected chi connectivity index (χ1v) is 9.20. The third-order valence-corrected chi connectivity index (χ3v) is 5.26. The van der Waals surface area contributed by atoms with Crippen LogP contribution in [0.5, 0.6) is 6.01 Å². The van der Waals surface area contributed by atoms with Crippen LogP contribution in [0.4, 0.5) is 0 Å². The van der Waals surface area contributed by atoms with Gasteiger partial charge in [0.05, 0.1) is 22.3 Å². The zero-order valence-electron chi connectivity index (χ0n) is 13.7. The summed E-state index contributed by atoms with van der Waals surface area (Å²) in [7, 11) is 0. The van der Waals surface area contributed by atoms with Gasteiger partial charge in [0.15, 0.2) is 0 Å². The van der Waals surface area contributed by atoms with Gasteiger partial charge in [-0.1, -0.05) is 0 Å². The Morgan fingerprint density at radius 2 is 2.00 bits per heavy atom. The molecule has 0 spiro atoms. The van der Waals surface area contributed by atoms with Crippen molar-refractivity contribution in [2.45, 2.75) is 12.8 Å². The molecule has 1 saturated heterocycles. The molecule has 1 aromatic carbocycles. The minimum absolute atomic E-state index is 0.0982. The van der Waals surface area contributed by atoms with Crippen molar-refractivity contribution in [3.8, 4) is 6.01 Å². The van der Waals surface area contributed by atoms with Crippen LogP contribution in [0.1, 0.15) is 23.2 Å². The molecule has 4 rings (SSSR count). The van der Waals surface area contributed by atoms with E-state index in [1.165, 1.54) is 0 Å². The topological polar surface area (TPSA) is 68.2 Å². The Labute approximate surface area is 149 Å². The van der Waals surface area contributed by atoms with Gasteiger partial charge in [-0.3, -0.25) is 4.79 Å². The summed E-state index contributed by atoms with van der Waals surface area (Å²) in [5.74, 6) is 0.526. The van der Waals surface area contributed by atoms with Crippen molar-refractivity contribution in [3.63, 3.8) is 0 Å². The number of hydrogen-bond donors (Lipinski definition) is 0. The lowest BCUT2D eigenvalue weighted by Crippen LogP contribution is -2.39. The van der Waals surface area contributed by atoms with Gasteiger partial charge in [-0.2, -0.15) is 0 Å². The lowest BCUT2D eigenvalue weighted by atomic mass is 9.97. The van der Waals surface area contributed by atoms with Gasteiger partial charge in [-0.15, -0.1) is 11.3 Å². The third-order valence-electron chi connectivity index (χ3n) is 4.47. The van der Waals surface area contributed by atoms with Crippen molar-refractivity contribution < 1.29 is 9.53 Å². The predicted octanol–water partition coefficient (Wildman–Crippen LogP) is 3.02. The smallest absolute Gasteiger partial charge is 0.316 e. The lowest BCUT2D eigenvalue weighted by Gasteiger charge is -2.31. The first kappa shape index (κ1) is 16.0. The molecule has 1 amide bonds. The van der Waals surface area contributed by atoms with Crippen molar-refractivity contribution in [2.24, 2.45) is 5.92 Å². The van der Waals surface area contributed by atoms with Crippen LogP contribution in [0.15, 0.2) is 42.2 Å². The van der Waals surface area contributed by atoms with Crippen molar-refractivity contribution in [3.05, 3.63) is 47.7 Å². The van der Waals surface area contributed by atoms with E-state index in [9.17, 15) is 4.79 Å². The number of carbonyl (C=O) groups excluding carboxylic acids is 1. The van der Waals surface area contributed by atoms with Crippen LogP contribution in [-0.2, 0) is 0 Å². The van der Waals surface area contributed by atoms with E-state index >= 15 is 0 Å². The monoisotopic (exact) mass is 354 g/mol. The summed E-state index contributed by atoms with van der Waals surface area (Å²) in [6, 6.07) is 7.91. The second-order valence-electron chi connectivity index (χ2n) is 6.11. The van der Waals surface area contributed by atoms with Crippen molar-refractivity contribution in [1.82, 2.24) is 19.9 Å². The van der Waals surface area contributed by atoms with Gasteiger partial charge in [0.2, 0.25) is 0 Å². The Balaban J connectivity index is 1.32. The molecule has 0 atom stereocenters. The highest BCUT2D eigenvalue weighted by molar-refractivity contribution is 7.16. The van der Waals surface area contributed by atoms with E-state index in [0.717, 1.165) is 41.7 Å². The molecular formula is C18H18N4O2S. The summed E-state index contributed by atoms with van der Waals surface area (Å²) in [5.41, 5.74) is 3.49. The Kier molecular flexibility index (Phi) is 4.56. The average Bonchev–Trinajstić information content (AvgIpc) is 3.15. The van der Waals surface area contributed by atoms with E-state index in [0.29, 0.717) is 18.5 Å². The van der Waals surface area contributed by atoms with Crippen LogP contribution in [0.3, 0.4) is 0 Å². The van der Waals surface area contributed by atoms with Gasteiger partial charge >= 0.3 is 6.01 Å². The summed E-state index contributed by atoms with van der Waals surface area (Å²) < 4.78 is 6.69. The first-order valence-electron chi connectivity index (χ1n) is 8.32. The van der Waals surface area contributed by atoms with Crippen LogP contribution in [0.2, 0.25) is 0 Å². The summed E-state index contributed by atoms with van der Waals surface area (Å²) in [5, 5.41) is 0. The van der Waals surface area contributed by atoms with E-state index in [1.54, 1.807) is 35.3 Å². The Morgan fingerprint density at radius 1 is 1.20 bits per heavy atom. The van der Waals surface area contributed by atoms with Gasteiger partial charge < -0.3 is 9.64 Å². The number of piperidine rings is 1. The molecule has 2 aromatic heterocycles. The molecule has 1 fully saturated rings. The molecule has 0 unspecified atom stereocenters. The number of hydrogen-bond acceptors (Lipinski definition) is 6. The number of carbonyl (C=O) groups is 1. The predicted molar refractivity (Wildman–Crippen MR) is 95.8 cm³/mol. The molecule has 1 aliphatic rings. The normalized spacial score (nSPS) is 15.4. The molecule has 6 nitrogen and oxygen atoms in total. The number of likely N-dealkylation sites (tertiary alicyclic amines) is 1. The zero-order chi connectivity index (χ0) is 17.1. The van der Waals surface area contributed by atoms with Crippen LogP contribution >= 0.6 is 11.3 Å². The molecule has 0 N–H and O–H groups in total. The molecule has 25 heavy (non-hydrogen) atoms. The van der Waals surface area contributed by atoms with Gasteiger partial charge in [-0.25, -0.2) is 15.0 Å². The van der Waals surface area contributed by atoms with E-state index in [2.05, 4.69) is 15.0 Å². The number of amides is 1. The van der Waals surface area contributed by atoms with Gasteiger partial charge in [0, 0.05) is 31.0 Å². The number of aromatic nitrogens is 3. The van der Waals surface area contributed by atoms with Gasteiger partial charge in [-0.05, 0) is 43.0 Å². The number of ether oxygens (including phenoxy) is 1. The summed E-state index contributed by atoms with van der Waals surface area (Å²) >= 11 is 1.56. The molecule has 7 heteroatoms. The fraction of sp³-hybridized carbons (Fsp3) is 0.333.